The monoisotopic (exact) mass is 310 g/mol. The Balaban J connectivity index is 1.67. The van der Waals surface area contributed by atoms with E-state index in [2.05, 4.69) is 10.2 Å². The van der Waals surface area contributed by atoms with Gasteiger partial charge in [-0.1, -0.05) is 6.07 Å². The average molecular weight is 310 g/mol. The van der Waals surface area contributed by atoms with E-state index in [4.69, 9.17) is 0 Å². The van der Waals surface area contributed by atoms with Gasteiger partial charge in [-0.15, -0.1) is 11.3 Å². The highest BCUT2D eigenvalue weighted by molar-refractivity contribution is 7.10. The number of likely N-dealkylation sites (tertiary alicyclic amines) is 1. The first-order valence-electron chi connectivity index (χ1n) is 7.73. The molecule has 118 valence electrons. The Morgan fingerprint density at radius 3 is 2.81 bits per heavy atom. The lowest BCUT2D eigenvalue weighted by atomic mass is 9.90. The number of nitrogens with zero attached hydrogens (tertiary/aromatic N) is 1. The average Bonchev–Trinajstić information content (AvgIpc) is 3.00. The molecule has 0 aromatic carbocycles. The van der Waals surface area contributed by atoms with Crippen LogP contribution in [0.1, 0.15) is 38.0 Å². The second-order valence-corrected chi connectivity index (χ2v) is 7.23. The largest absolute Gasteiger partial charge is 0.393 e. The van der Waals surface area contributed by atoms with E-state index in [9.17, 15) is 9.90 Å². The lowest BCUT2D eigenvalue weighted by Gasteiger charge is -2.29. The normalized spacial score (nSPS) is 17.9. The van der Waals surface area contributed by atoms with E-state index in [1.54, 1.807) is 11.3 Å². The van der Waals surface area contributed by atoms with Gasteiger partial charge < -0.3 is 15.3 Å². The summed E-state index contributed by atoms with van der Waals surface area (Å²) in [5.74, 6) is 0.0963. The fourth-order valence-electron chi connectivity index (χ4n) is 2.61. The maximum absolute atomic E-state index is 12.3. The van der Waals surface area contributed by atoms with Crippen molar-refractivity contribution in [3.05, 3.63) is 22.4 Å². The summed E-state index contributed by atoms with van der Waals surface area (Å²) in [6.07, 6.45) is 2.59. The van der Waals surface area contributed by atoms with Gasteiger partial charge in [-0.25, -0.2) is 0 Å². The minimum Gasteiger partial charge on any atom is -0.393 e. The van der Waals surface area contributed by atoms with Gasteiger partial charge in [0, 0.05) is 24.5 Å². The number of piperidine rings is 1. The predicted octanol–water partition coefficient (Wildman–Crippen LogP) is 1.99. The van der Waals surface area contributed by atoms with Crippen LogP contribution >= 0.6 is 11.3 Å². The van der Waals surface area contributed by atoms with Crippen molar-refractivity contribution in [1.82, 2.24) is 10.2 Å². The van der Waals surface area contributed by atoms with Crippen molar-refractivity contribution in [2.45, 2.75) is 44.6 Å². The van der Waals surface area contributed by atoms with Crippen molar-refractivity contribution in [2.24, 2.45) is 0 Å². The van der Waals surface area contributed by atoms with Gasteiger partial charge in [-0.2, -0.15) is 0 Å². The summed E-state index contributed by atoms with van der Waals surface area (Å²) in [4.78, 5) is 15.8. The summed E-state index contributed by atoms with van der Waals surface area (Å²) >= 11 is 1.63. The molecular formula is C16H26N2O2S. The maximum Gasteiger partial charge on any atom is 0.230 e. The first kappa shape index (κ1) is 16.5. The highest BCUT2D eigenvalue weighted by Gasteiger charge is 2.30. The second-order valence-electron chi connectivity index (χ2n) is 6.28. The standard InChI is InChI=1S/C16H26N2O2S/c1-16(2,14-5-3-12-21-14)15(20)17-8-4-9-18-10-6-13(19)7-11-18/h3,5,12-13,19H,4,6-11H2,1-2H3,(H,17,20). The molecule has 1 fully saturated rings. The van der Waals surface area contributed by atoms with E-state index in [1.165, 1.54) is 0 Å². The predicted molar refractivity (Wildman–Crippen MR) is 86.7 cm³/mol. The van der Waals surface area contributed by atoms with Crippen LogP contribution in [0.25, 0.3) is 0 Å². The molecule has 2 heterocycles. The van der Waals surface area contributed by atoms with Crippen LogP contribution in [0.4, 0.5) is 0 Å². The molecule has 4 nitrogen and oxygen atoms in total. The molecular weight excluding hydrogens is 284 g/mol. The van der Waals surface area contributed by atoms with Gasteiger partial charge in [0.05, 0.1) is 11.5 Å². The summed E-state index contributed by atoms with van der Waals surface area (Å²) in [5.41, 5.74) is -0.455. The Bertz CT molecular complexity index is 437. The van der Waals surface area contributed by atoms with Crippen LogP contribution in [0, 0.1) is 0 Å². The van der Waals surface area contributed by atoms with Gasteiger partial charge in [-0.3, -0.25) is 4.79 Å². The van der Waals surface area contributed by atoms with Gasteiger partial charge in [0.15, 0.2) is 0 Å². The number of thiophene rings is 1. The molecule has 2 N–H and O–H groups in total. The van der Waals surface area contributed by atoms with Gasteiger partial charge in [0.2, 0.25) is 5.91 Å². The zero-order chi connectivity index (χ0) is 15.3. The van der Waals surface area contributed by atoms with E-state index < -0.39 is 5.41 Å². The van der Waals surface area contributed by atoms with Crippen LogP contribution in [-0.4, -0.2) is 48.2 Å². The minimum atomic E-state index is -0.455. The summed E-state index contributed by atoms with van der Waals surface area (Å²) in [6.45, 7) is 7.59. The van der Waals surface area contributed by atoms with Crippen molar-refractivity contribution in [1.29, 1.82) is 0 Å². The number of carbonyl (C=O) groups is 1. The minimum absolute atomic E-state index is 0.0963. The van der Waals surface area contributed by atoms with Crippen molar-refractivity contribution in [3.8, 4) is 0 Å². The summed E-state index contributed by atoms with van der Waals surface area (Å²) in [6, 6.07) is 4.00. The molecule has 1 aromatic rings. The van der Waals surface area contributed by atoms with Gasteiger partial charge in [0.25, 0.3) is 0 Å². The molecule has 21 heavy (non-hydrogen) atoms. The molecule has 0 spiro atoms. The third-order valence-electron chi connectivity index (χ3n) is 4.20. The highest BCUT2D eigenvalue weighted by atomic mass is 32.1. The van der Waals surface area contributed by atoms with Gasteiger partial charge in [-0.05, 0) is 51.1 Å². The molecule has 0 saturated carbocycles. The summed E-state index contributed by atoms with van der Waals surface area (Å²) in [7, 11) is 0. The molecule has 0 unspecified atom stereocenters. The molecule has 1 saturated heterocycles. The highest BCUT2D eigenvalue weighted by Crippen LogP contribution is 2.27. The van der Waals surface area contributed by atoms with Crippen LogP contribution in [0.5, 0.6) is 0 Å². The molecule has 1 aromatic heterocycles. The third-order valence-corrected chi connectivity index (χ3v) is 5.39. The van der Waals surface area contributed by atoms with Crippen LogP contribution < -0.4 is 5.32 Å². The molecule has 0 radical (unpaired) electrons. The Morgan fingerprint density at radius 2 is 2.19 bits per heavy atom. The summed E-state index contributed by atoms with van der Waals surface area (Å²) in [5, 5.41) is 14.5. The Labute approximate surface area is 131 Å². The third kappa shape index (κ3) is 4.53. The van der Waals surface area contributed by atoms with Gasteiger partial charge >= 0.3 is 0 Å². The number of carbonyl (C=O) groups excluding carboxylic acids is 1. The van der Waals surface area contributed by atoms with E-state index in [-0.39, 0.29) is 12.0 Å². The topological polar surface area (TPSA) is 52.6 Å². The number of hydrogen-bond acceptors (Lipinski definition) is 4. The lowest BCUT2D eigenvalue weighted by molar-refractivity contribution is -0.125. The molecule has 5 heteroatoms. The number of aliphatic hydroxyl groups is 1. The van der Waals surface area contributed by atoms with E-state index >= 15 is 0 Å². The fraction of sp³-hybridized carbons (Fsp3) is 0.688. The van der Waals surface area contributed by atoms with Crippen LogP contribution in [0.2, 0.25) is 0 Å². The quantitative estimate of drug-likeness (QED) is 0.790. The number of rotatable bonds is 6. The Kier molecular flexibility index (Phi) is 5.79. The van der Waals surface area contributed by atoms with Gasteiger partial charge in [0.1, 0.15) is 0 Å². The van der Waals surface area contributed by atoms with E-state index in [1.807, 2.05) is 31.4 Å². The van der Waals surface area contributed by atoms with Crippen molar-refractivity contribution in [2.75, 3.05) is 26.2 Å². The SMILES string of the molecule is CC(C)(C(=O)NCCCN1CCC(O)CC1)c1cccs1. The number of hydrogen-bond donors (Lipinski definition) is 2. The number of aliphatic hydroxyl groups excluding tert-OH is 1. The zero-order valence-corrected chi connectivity index (χ0v) is 13.8. The molecule has 0 aliphatic carbocycles. The fourth-order valence-corrected chi connectivity index (χ4v) is 3.46. The van der Waals surface area contributed by atoms with E-state index in [0.29, 0.717) is 6.54 Å². The van der Waals surface area contributed by atoms with Crippen LogP contribution in [0.15, 0.2) is 17.5 Å². The van der Waals surface area contributed by atoms with Crippen molar-refractivity contribution in [3.63, 3.8) is 0 Å². The Hall–Kier alpha value is -0.910. The zero-order valence-electron chi connectivity index (χ0n) is 13.0. The molecule has 0 atom stereocenters. The number of amides is 1. The van der Waals surface area contributed by atoms with E-state index in [0.717, 1.165) is 43.8 Å². The van der Waals surface area contributed by atoms with Crippen molar-refractivity contribution >= 4 is 17.2 Å². The molecule has 1 aliphatic rings. The molecule has 1 amide bonds. The van der Waals surface area contributed by atoms with Crippen molar-refractivity contribution < 1.29 is 9.90 Å². The maximum atomic E-state index is 12.3. The van der Waals surface area contributed by atoms with Crippen LogP contribution in [0.3, 0.4) is 0 Å². The first-order valence-corrected chi connectivity index (χ1v) is 8.61. The summed E-state index contributed by atoms with van der Waals surface area (Å²) < 4.78 is 0. The first-order chi connectivity index (χ1) is 10.00. The number of nitrogens with one attached hydrogen (secondary N) is 1. The molecule has 2 rings (SSSR count). The molecule has 1 aliphatic heterocycles. The van der Waals surface area contributed by atoms with Crippen LogP contribution in [-0.2, 0) is 10.2 Å². The Morgan fingerprint density at radius 1 is 1.48 bits per heavy atom. The smallest absolute Gasteiger partial charge is 0.230 e. The lowest BCUT2D eigenvalue weighted by Crippen LogP contribution is -2.41. The second kappa shape index (κ2) is 7.38. The molecule has 0 bridgehead atoms.